The third-order valence-corrected chi connectivity index (χ3v) is 5.81. The van der Waals surface area contributed by atoms with Crippen molar-refractivity contribution in [3.05, 3.63) is 136 Å². The Hall–Kier alpha value is -5.48. The molecule has 0 radical (unpaired) electrons. The second-order valence-corrected chi connectivity index (χ2v) is 8.38. The zero-order valence-corrected chi connectivity index (χ0v) is 20.3. The molecule has 184 valence electrons. The number of hydrogen-bond acceptors (Lipinski definition) is 6. The number of aromatic nitrogens is 2. The quantitative estimate of drug-likeness (QED) is 0.202. The van der Waals surface area contributed by atoms with Crippen LogP contribution >= 0.6 is 0 Å². The van der Waals surface area contributed by atoms with Gasteiger partial charge in [-0.3, -0.25) is 9.78 Å². The van der Waals surface area contributed by atoms with Crippen LogP contribution in [-0.4, -0.2) is 16.2 Å². The van der Waals surface area contributed by atoms with Crippen LogP contribution in [0.5, 0.6) is 5.75 Å². The second kappa shape index (κ2) is 11.5. The summed E-state index contributed by atoms with van der Waals surface area (Å²) >= 11 is 0. The molecule has 0 unspecified atom stereocenters. The maximum atomic E-state index is 12.5. The van der Waals surface area contributed by atoms with Gasteiger partial charge in [-0.25, -0.2) is 10.4 Å². The van der Waals surface area contributed by atoms with E-state index in [9.17, 15) is 10.1 Å². The summed E-state index contributed by atoms with van der Waals surface area (Å²) in [5.74, 6) is 0.905. The van der Waals surface area contributed by atoms with Gasteiger partial charge in [0.05, 0.1) is 11.9 Å². The normalized spacial score (nSPS) is 10.7. The van der Waals surface area contributed by atoms with E-state index in [2.05, 4.69) is 20.5 Å². The van der Waals surface area contributed by atoms with Gasteiger partial charge >= 0.3 is 0 Å². The first-order valence-electron chi connectivity index (χ1n) is 12.0. The van der Waals surface area contributed by atoms with Crippen molar-refractivity contribution in [1.82, 2.24) is 9.97 Å². The third kappa shape index (κ3) is 5.66. The van der Waals surface area contributed by atoms with Crippen molar-refractivity contribution in [3.8, 4) is 34.2 Å². The number of nitrogens with one attached hydrogen (secondary N) is 2. The van der Waals surface area contributed by atoms with Crippen LogP contribution in [0, 0.1) is 11.3 Å². The van der Waals surface area contributed by atoms with Crippen LogP contribution < -0.4 is 15.7 Å². The van der Waals surface area contributed by atoms with Gasteiger partial charge < -0.3 is 4.74 Å². The van der Waals surface area contributed by atoms with Crippen molar-refractivity contribution in [1.29, 1.82) is 5.26 Å². The molecule has 0 aliphatic rings. The first-order chi connectivity index (χ1) is 18.7. The molecule has 0 fully saturated rings. The number of ether oxygens (including phenoxy) is 1. The smallest absolute Gasteiger partial charge is 0.270 e. The van der Waals surface area contributed by atoms with Crippen molar-refractivity contribution in [2.45, 2.75) is 6.61 Å². The van der Waals surface area contributed by atoms with Crippen molar-refractivity contribution >= 4 is 12.2 Å². The Morgan fingerprint density at radius 1 is 0.895 bits per heavy atom. The number of nitrogens with zero attached hydrogens (tertiary/aromatic N) is 3. The number of benzene rings is 4. The summed E-state index contributed by atoms with van der Waals surface area (Å²) in [7, 11) is 0. The molecule has 38 heavy (non-hydrogen) atoms. The summed E-state index contributed by atoms with van der Waals surface area (Å²) in [6.07, 6.45) is 1.66. The van der Waals surface area contributed by atoms with Crippen molar-refractivity contribution < 1.29 is 4.74 Å². The number of H-pyrrole nitrogens is 1. The molecule has 7 heteroatoms. The zero-order chi connectivity index (χ0) is 26.2. The Morgan fingerprint density at radius 3 is 2.39 bits per heavy atom. The summed E-state index contributed by atoms with van der Waals surface area (Å²) in [5, 5.41) is 13.8. The summed E-state index contributed by atoms with van der Waals surface area (Å²) in [5.41, 5.74) is 7.08. The molecule has 7 nitrogen and oxygen atoms in total. The van der Waals surface area contributed by atoms with Crippen LogP contribution in [0.1, 0.15) is 16.7 Å². The molecule has 5 aromatic rings. The molecule has 0 bridgehead atoms. The Morgan fingerprint density at radius 2 is 1.61 bits per heavy atom. The molecule has 0 aliphatic heterocycles. The van der Waals surface area contributed by atoms with E-state index in [-0.39, 0.29) is 11.5 Å². The highest BCUT2D eigenvalue weighted by molar-refractivity contribution is 5.90. The SMILES string of the molecule is N#Cc1c(-c2ccccc2)nc(NN=Cc2ccccc2-c2cccc(OCc3ccccc3)c2)[nH]c1=O. The summed E-state index contributed by atoms with van der Waals surface area (Å²) < 4.78 is 6.00. The number of aromatic amines is 1. The Kier molecular flexibility index (Phi) is 7.33. The highest BCUT2D eigenvalue weighted by Crippen LogP contribution is 2.27. The van der Waals surface area contributed by atoms with Crippen molar-refractivity contribution in [3.63, 3.8) is 0 Å². The van der Waals surface area contributed by atoms with E-state index >= 15 is 0 Å². The first kappa shape index (κ1) is 24.2. The third-order valence-electron chi connectivity index (χ3n) is 5.81. The molecule has 0 atom stereocenters. The predicted molar refractivity (Wildman–Crippen MR) is 149 cm³/mol. The predicted octanol–water partition coefficient (Wildman–Crippen LogP) is 6.00. The topological polar surface area (TPSA) is 103 Å². The molecule has 0 aliphatic carbocycles. The van der Waals surface area contributed by atoms with E-state index in [0.717, 1.165) is 28.0 Å². The van der Waals surface area contributed by atoms with Crippen molar-refractivity contribution in [2.24, 2.45) is 5.10 Å². The summed E-state index contributed by atoms with van der Waals surface area (Å²) in [6.45, 7) is 0.484. The lowest BCUT2D eigenvalue weighted by molar-refractivity contribution is 0.306. The van der Waals surface area contributed by atoms with E-state index < -0.39 is 5.56 Å². The average molecular weight is 498 g/mol. The number of anilines is 1. The van der Waals surface area contributed by atoms with Crippen LogP contribution in [0.4, 0.5) is 5.95 Å². The van der Waals surface area contributed by atoms with Gasteiger partial charge in [0.2, 0.25) is 5.95 Å². The Bertz CT molecular complexity index is 1670. The molecular formula is C31H23N5O2. The minimum atomic E-state index is -0.535. The summed E-state index contributed by atoms with van der Waals surface area (Å²) in [6, 6.07) is 36.8. The first-order valence-corrected chi connectivity index (χ1v) is 12.0. The van der Waals surface area contributed by atoms with Crippen LogP contribution in [0.2, 0.25) is 0 Å². The minimum absolute atomic E-state index is 0.0505. The van der Waals surface area contributed by atoms with Crippen LogP contribution in [0.3, 0.4) is 0 Å². The van der Waals surface area contributed by atoms with Gasteiger partial charge in [-0.05, 0) is 28.8 Å². The fraction of sp³-hybridized carbons (Fsp3) is 0.0323. The number of hydrazone groups is 1. The lowest BCUT2D eigenvalue weighted by Gasteiger charge is -2.10. The Balaban J connectivity index is 1.37. The maximum Gasteiger partial charge on any atom is 0.270 e. The van der Waals surface area contributed by atoms with E-state index in [0.29, 0.717) is 17.9 Å². The molecule has 0 saturated heterocycles. The van der Waals surface area contributed by atoms with E-state index in [4.69, 9.17) is 4.74 Å². The lowest BCUT2D eigenvalue weighted by Crippen LogP contribution is -2.16. The largest absolute Gasteiger partial charge is 0.489 e. The maximum absolute atomic E-state index is 12.5. The van der Waals surface area contributed by atoms with E-state index in [1.807, 2.05) is 103 Å². The standard InChI is InChI=1S/C31H23N5O2/c32-19-28-29(23-12-5-2-6-13-23)34-31(35-30(28)37)36-33-20-25-14-7-8-17-27(25)24-15-9-16-26(18-24)38-21-22-10-3-1-4-11-22/h1-18,20H,21H2,(H2,34,35,36,37). The van der Waals surface area contributed by atoms with Crippen LogP contribution in [0.15, 0.2) is 119 Å². The zero-order valence-electron chi connectivity index (χ0n) is 20.3. The van der Waals surface area contributed by atoms with Gasteiger partial charge in [-0.2, -0.15) is 10.4 Å². The molecule has 0 amide bonds. The fourth-order valence-corrected chi connectivity index (χ4v) is 3.96. The van der Waals surface area contributed by atoms with Gasteiger partial charge in [0, 0.05) is 11.1 Å². The van der Waals surface area contributed by atoms with E-state index in [1.54, 1.807) is 18.3 Å². The molecular weight excluding hydrogens is 474 g/mol. The van der Waals surface area contributed by atoms with Gasteiger partial charge in [0.1, 0.15) is 24.0 Å². The van der Waals surface area contributed by atoms with E-state index in [1.165, 1.54) is 0 Å². The molecule has 0 saturated carbocycles. The highest BCUT2D eigenvalue weighted by atomic mass is 16.5. The van der Waals surface area contributed by atoms with Gasteiger partial charge in [0.25, 0.3) is 5.56 Å². The summed E-state index contributed by atoms with van der Waals surface area (Å²) in [4.78, 5) is 19.5. The average Bonchev–Trinajstić information content (AvgIpc) is 2.97. The van der Waals surface area contributed by atoms with Gasteiger partial charge in [-0.1, -0.05) is 97.1 Å². The number of nitriles is 1. The molecule has 5 rings (SSSR count). The van der Waals surface area contributed by atoms with Crippen LogP contribution in [-0.2, 0) is 6.61 Å². The van der Waals surface area contributed by atoms with Gasteiger partial charge in [-0.15, -0.1) is 0 Å². The number of hydrogen-bond donors (Lipinski definition) is 2. The highest BCUT2D eigenvalue weighted by Gasteiger charge is 2.13. The minimum Gasteiger partial charge on any atom is -0.489 e. The molecule has 1 aromatic heterocycles. The monoisotopic (exact) mass is 497 g/mol. The molecule has 0 spiro atoms. The number of rotatable bonds is 8. The fourth-order valence-electron chi connectivity index (χ4n) is 3.96. The second-order valence-electron chi connectivity index (χ2n) is 8.38. The van der Waals surface area contributed by atoms with Gasteiger partial charge in [0.15, 0.2) is 0 Å². The lowest BCUT2D eigenvalue weighted by atomic mass is 10.0. The van der Waals surface area contributed by atoms with Crippen molar-refractivity contribution in [2.75, 3.05) is 5.43 Å². The molecule has 2 N–H and O–H groups in total. The molecule has 4 aromatic carbocycles. The molecule has 1 heterocycles. The Labute approximate surface area is 219 Å². The van der Waals surface area contributed by atoms with Crippen LogP contribution in [0.25, 0.3) is 22.4 Å².